The Morgan fingerprint density at radius 1 is 1.59 bits per heavy atom. The Kier molecular flexibility index (Phi) is 3.29. The Morgan fingerprint density at radius 3 is 2.76 bits per heavy atom. The average molecular weight is 259 g/mol. The van der Waals surface area contributed by atoms with Crippen molar-refractivity contribution in [2.75, 3.05) is 6.54 Å². The van der Waals surface area contributed by atoms with Gasteiger partial charge in [-0.05, 0) is 26.7 Å². The molecule has 17 heavy (non-hydrogen) atoms. The first-order chi connectivity index (χ1) is 7.96. The van der Waals surface area contributed by atoms with Gasteiger partial charge in [0.2, 0.25) is 10.0 Å². The number of aliphatic hydroxyl groups excluding tert-OH is 1. The highest BCUT2D eigenvalue weighted by atomic mass is 32.2. The highest BCUT2D eigenvalue weighted by Gasteiger charge is 2.34. The van der Waals surface area contributed by atoms with Crippen LogP contribution in [0.2, 0.25) is 0 Å². The molecule has 5 nitrogen and oxygen atoms in total. The monoisotopic (exact) mass is 259 g/mol. The molecule has 0 radical (unpaired) electrons. The van der Waals surface area contributed by atoms with Gasteiger partial charge in [-0.15, -0.1) is 0 Å². The predicted molar refractivity (Wildman–Crippen MR) is 62.0 cm³/mol. The molecule has 1 N–H and O–H groups in total. The van der Waals surface area contributed by atoms with Gasteiger partial charge in [-0.3, -0.25) is 0 Å². The summed E-state index contributed by atoms with van der Waals surface area (Å²) in [6.07, 6.45) is 1.78. The highest BCUT2D eigenvalue weighted by molar-refractivity contribution is 7.89. The third kappa shape index (κ3) is 2.12. The number of nitrogens with zero attached hydrogens (tertiary/aromatic N) is 1. The van der Waals surface area contributed by atoms with Crippen LogP contribution in [0, 0.1) is 6.92 Å². The van der Waals surface area contributed by atoms with Crippen molar-refractivity contribution in [3.63, 3.8) is 0 Å². The summed E-state index contributed by atoms with van der Waals surface area (Å²) in [5.74, 6) is 0.626. The van der Waals surface area contributed by atoms with Crippen LogP contribution in [0.1, 0.15) is 31.3 Å². The quantitative estimate of drug-likeness (QED) is 0.887. The first kappa shape index (κ1) is 12.6. The van der Waals surface area contributed by atoms with Crippen LogP contribution in [-0.2, 0) is 16.6 Å². The second-order valence-electron chi connectivity index (χ2n) is 4.40. The van der Waals surface area contributed by atoms with E-state index >= 15 is 0 Å². The molecule has 6 heteroatoms. The minimum Gasteiger partial charge on any atom is -0.462 e. The van der Waals surface area contributed by atoms with E-state index in [1.807, 2.05) is 6.92 Å². The Balaban J connectivity index is 2.40. The summed E-state index contributed by atoms with van der Waals surface area (Å²) in [6, 6.07) is 1.45. The zero-order valence-electron chi connectivity index (χ0n) is 10.0. The second kappa shape index (κ2) is 4.44. The zero-order chi connectivity index (χ0) is 12.6. The van der Waals surface area contributed by atoms with Gasteiger partial charge in [-0.2, -0.15) is 4.31 Å². The zero-order valence-corrected chi connectivity index (χ0v) is 10.8. The maximum absolute atomic E-state index is 12.4. The van der Waals surface area contributed by atoms with Crippen molar-refractivity contribution in [1.82, 2.24) is 4.31 Å². The van der Waals surface area contributed by atoms with Gasteiger partial charge in [0.15, 0.2) is 0 Å². The van der Waals surface area contributed by atoms with Crippen LogP contribution in [0.25, 0.3) is 0 Å². The molecule has 0 amide bonds. The Hall–Kier alpha value is -0.850. The first-order valence-electron chi connectivity index (χ1n) is 5.69. The minimum atomic E-state index is -3.48. The van der Waals surface area contributed by atoms with Gasteiger partial charge in [0, 0.05) is 18.7 Å². The van der Waals surface area contributed by atoms with E-state index in [0.29, 0.717) is 12.3 Å². The van der Waals surface area contributed by atoms with Gasteiger partial charge < -0.3 is 9.52 Å². The SMILES string of the molecule is Cc1oc(CO)cc1S(=O)(=O)N1CCCC1C. The van der Waals surface area contributed by atoms with E-state index in [9.17, 15) is 8.42 Å². The minimum absolute atomic E-state index is 0.0341. The topological polar surface area (TPSA) is 70.8 Å². The largest absolute Gasteiger partial charge is 0.462 e. The summed E-state index contributed by atoms with van der Waals surface area (Å²) in [5.41, 5.74) is 0. The van der Waals surface area contributed by atoms with E-state index in [2.05, 4.69) is 0 Å². The summed E-state index contributed by atoms with van der Waals surface area (Å²) in [5, 5.41) is 8.96. The molecule has 96 valence electrons. The standard InChI is InChI=1S/C11H17NO4S/c1-8-4-3-5-12(8)17(14,15)11-6-10(7-13)16-9(11)2/h6,8,13H,3-5,7H2,1-2H3. The van der Waals surface area contributed by atoms with E-state index in [0.717, 1.165) is 12.8 Å². The third-order valence-corrected chi connectivity index (χ3v) is 5.28. The second-order valence-corrected chi connectivity index (χ2v) is 6.26. The molecule has 1 unspecified atom stereocenters. The number of sulfonamides is 1. The molecule has 0 aromatic carbocycles. The van der Waals surface area contributed by atoms with Crippen molar-refractivity contribution in [3.8, 4) is 0 Å². The normalized spacial score (nSPS) is 22.2. The van der Waals surface area contributed by atoms with Crippen LogP contribution in [0.3, 0.4) is 0 Å². The van der Waals surface area contributed by atoms with Crippen molar-refractivity contribution >= 4 is 10.0 Å². The number of furan rings is 1. The average Bonchev–Trinajstić information content (AvgIpc) is 2.84. The Morgan fingerprint density at radius 2 is 2.29 bits per heavy atom. The summed E-state index contributed by atoms with van der Waals surface area (Å²) >= 11 is 0. The molecule has 0 bridgehead atoms. The van der Waals surface area contributed by atoms with Crippen LogP contribution in [0.15, 0.2) is 15.4 Å². The lowest BCUT2D eigenvalue weighted by Gasteiger charge is -2.20. The maximum atomic E-state index is 12.4. The van der Waals surface area contributed by atoms with E-state index in [-0.39, 0.29) is 23.3 Å². The molecule has 1 aliphatic heterocycles. The number of hydrogen-bond donors (Lipinski definition) is 1. The van der Waals surface area contributed by atoms with Crippen molar-refractivity contribution in [2.24, 2.45) is 0 Å². The van der Waals surface area contributed by atoms with Gasteiger partial charge in [-0.1, -0.05) is 0 Å². The fourth-order valence-corrected chi connectivity index (χ4v) is 4.14. The van der Waals surface area contributed by atoms with Gasteiger partial charge in [-0.25, -0.2) is 8.42 Å². The molecular weight excluding hydrogens is 242 g/mol. The number of rotatable bonds is 3. The van der Waals surface area contributed by atoms with Gasteiger partial charge in [0.1, 0.15) is 23.0 Å². The van der Waals surface area contributed by atoms with Crippen LogP contribution in [-0.4, -0.2) is 30.4 Å². The molecule has 1 saturated heterocycles. The lowest BCUT2D eigenvalue weighted by molar-refractivity contribution is 0.244. The third-order valence-electron chi connectivity index (χ3n) is 3.16. The molecule has 1 atom stereocenters. The fraction of sp³-hybridized carbons (Fsp3) is 0.636. The van der Waals surface area contributed by atoms with Crippen molar-refractivity contribution < 1.29 is 17.9 Å². The predicted octanol–water partition coefficient (Wildman–Crippen LogP) is 1.25. The summed E-state index contributed by atoms with van der Waals surface area (Å²) in [4.78, 5) is 0.176. The Labute approximate surface area is 101 Å². The molecule has 1 aromatic rings. The van der Waals surface area contributed by atoms with Gasteiger partial charge >= 0.3 is 0 Å². The molecule has 1 aromatic heterocycles. The smallest absolute Gasteiger partial charge is 0.246 e. The first-order valence-corrected chi connectivity index (χ1v) is 7.13. The number of aliphatic hydroxyl groups is 1. The van der Waals surface area contributed by atoms with Crippen molar-refractivity contribution in [2.45, 2.75) is 44.2 Å². The molecule has 1 aliphatic rings. The van der Waals surface area contributed by atoms with Crippen LogP contribution in [0.4, 0.5) is 0 Å². The van der Waals surface area contributed by atoms with Crippen LogP contribution < -0.4 is 0 Å². The number of hydrogen-bond acceptors (Lipinski definition) is 4. The van der Waals surface area contributed by atoms with E-state index in [1.54, 1.807) is 6.92 Å². The molecule has 0 spiro atoms. The van der Waals surface area contributed by atoms with E-state index in [1.165, 1.54) is 10.4 Å². The highest BCUT2D eigenvalue weighted by Crippen LogP contribution is 2.29. The molecule has 2 rings (SSSR count). The van der Waals surface area contributed by atoms with Crippen molar-refractivity contribution in [1.29, 1.82) is 0 Å². The molecular formula is C11H17NO4S. The molecule has 2 heterocycles. The van der Waals surface area contributed by atoms with Crippen LogP contribution >= 0.6 is 0 Å². The van der Waals surface area contributed by atoms with Crippen molar-refractivity contribution in [3.05, 3.63) is 17.6 Å². The molecule has 0 saturated carbocycles. The lowest BCUT2D eigenvalue weighted by atomic mass is 10.3. The lowest BCUT2D eigenvalue weighted by Crippen LogP contribution is -2.33. The maximum Gasteiger partial charge on any atom is 0.246 e. The van der Waals surface area contributed by atoms with Crippen LogP contribution in [0.5, 0.6) is 0 Å². The van der Waals surface area contributed by atoms with E-state index < -0.39 is 10.0 Å². The van der Waals surface area contributed by atoms with Gasteiger partial charge in [0.05, 0.1) is 0 Å². The summed E-state index contributed by atoms with van der Waals surface area (Å²) in [6.45, 7) is 3.79. The molecule has 1 fully saturated rings. The molecule has 0 aliphatic carbocycles. The van der Waals surface area contributed by atoms with E-state index in [4.69, 9.17) is 9.52 Å². The summed E-state index contributed by atoms with van der Waals surface area (Å²) in [7, 11) is -3.48. The van der Waals surface area contributed by atoms with Gasteiger partial charge in [0.25, 0.3) is 0 Å². The Bertz CT molecular complexity index is 506. The number of aryl methyl sites for hydroxylation is 1. The summed E-state index contributed by atoms with van der Waals surface area (Å²) < 4.78 is 31.5. The fourth-order valence-electron chi connectivity index (χ4n) is 2.25.